The second kappa shape index (κ2) is 8.36. The van der Waals surface area contributed by atoms with Crippen LogP contribution >= 0.6 is 0 Å². The second-order valence-corrected chi connectivity index (χ2v) is 5.70. The summed E-state index contributed by atoms with van der Waals surface area (Å²) in [6.45, 7) is 6.24. The van der Waals surface area contributed by atoms with Gasteiger partial charge in [0, 0.05) is 7.05 Å². The van der Waals surface area contributed by atoms with E-state index in [9.17, 15) is 4.79 Å². The third-order valence-electron chi connectivity index (χ3n) is 3.82. The van der Waals surface area contributed by atoms with Gasteiger partial charge in [-0.2, -0.15) is 0 Å². The van der Waals surface area contributed by atoms with Crippen molar-refractivity contribution in [2.45, 2.75) is 32.9 Å². The van der Waals surface area contributed by atoms with Gasteiger partial charge in [-0.1, -0.05) is 6.07 Å². The molecule has 2 rings (SSSR count). The largest absolute Gasteiger partial charge is 0.493 e. The first-order chi connectivity index (χ1) is 12.0. The van der Waals surface area contributed by atoms with Crippen LogP contribution < -0.4 is 20.1 Å². The van der Waals surface area contributed by atoms with Gasteiger partial charge >= 0.3 is 6.03 Å². The summed E-state index contributed by atoms with van der Waals surface area (Å²) in [5, 5.41) is 13.6. The number of nitrogens with zero attached hydrogens (tertiary/aromatic N) is 3. The highest BCUT2D eigenvalue weighted by atomic mass is 16.5. The molecule has 0 aliphatic carbocycles. The maximum Gasteiger partial charge on any atom is 0.315 e. The molecule has 1 aromatic heterocycles. The van der Waals surface area contributed by atoms with E-state index in [-0.39, 0.29) is 18.1 Å². The molecule has 0 saturated heterocycles. The van der Waals surface area contributed by atoms with Gasteiger partial charge in [-0.15, -0.1) is 10.2 Å². The number of aryl methyl sites for hydroxylation is 1. The minimum Gasteiger partial charge on any atom is -0.493 e. The lowest BCUT2D eigenvalue weighted by Gasteiger charge is -2.19. The molecule has 2 atom stereocenters. The standard InChI is InChI=1S/C17H25N5O3/c1-6-25-14-8-7-13(9-15(14)24-5)11(2)19-17(23)20-12(3)16-21-18-10-22(16)4/h7-12H,6H2,1-5H3,(H2,19,20,23)/t11-,12+/m0/s1. The van der Waals surface area contributed by atoms with Crippen LogP contribution in [0.4, 0.5) is 4.79 Å². The summed E-state index contributed by atoms with van der Waals surface area (Å²) in [5.41, 5.74) is 0.918. The number of nitrogens with one attached hydrogen (secondary N) is 2. The molecule has 136 valence electrons. The molecule has 0 radical (unpaired) electrons. The number of benzene rings is 1. The summed E-state index contributed by atoms with van der Waals surface area (Å²) < 4.78 is 12.6. The molecule has 25 heavy (non-hydrogen) atoms. The Bertz CT molecular complexity index is 716. The van der Waals surface area contributed by atoms with Crippen molar-refractivity contribution < 1.29 is 14.3 Å². The van der Waals surface area contributed by atoms with Crippen LogP contribution in [-0.2, 0) is 7.05 Å². The Balaban J connectivity index is 2.00. The van der Waals surface area contributed by atoms with E-state index in [0.717, 1.165) is 5.56 Å². The van der Waals surface area contributed by atoms with E-state index in [0.29, 0.717) is 23.9 Å². The summed E-state index contributed by atoms with van der Waals surface area (Å²) in [7, 11) is 3.43. The number of rotatable bonds is 7. The Morgan fingerprint density at radius 1 is 1.24 bits per heavy atom. The molecular formula is C17H25N5O3. The van der Waals surface area contributed by atoms with Crippen LogP contribution in [0.3, 0.4) is 0 Å². The zero-order valence-electron chi connectivity index (χ0n) is 15.2. The first-order valence-corrected chi connectivity index (χ1v) is 8.17. The minimum atomic E-state index is -0.282. The van der Waals surface area contributed by atoms with Crippen LogP contribution in [0.5, 0.6) is 11.5 Å². The van der Waals surface area contributed by atoms with Crippen LogP contribution in [0.15, 0.2) is 24.5 Å². The molecular weight excluding hydrogens is 322 g/mol. The molecule has 0 bridgehead atoms. The fraction of sp³-hybridized carbons (Fsp3) is 0.471. The van der Waals surface area contributed by atoms with Crippen LogP contribution in [0, 0.1) is 0 Å². The Morgan fingerprint density at radius 3 is 2.56 bits per heavy atom. The smallest absolute Gasteiger partial charge is 0.315 e. The van der Waals surface area contributed by atoms with Crippen molar-refractivity contribution in [2.75, 3.05) is 13.7 Å². The van der Waals surface area contributed by atoms with Crippen molar-refractivity contribution in [3.63, 3.8) is 0 Å². The highest BCUT2D eigenvalue weighted by Crippen LogP contribution is 2.30. The maximum atomic E-state index is 12.2. The number of carbonyl (C=O) groups is 1. The van der Waals surface area contributed by atoms with Gasteiger partial charge in [-0.25, -0.2) is 4.79 Å². The lowest BCUT2D eigenvalue weighted by Crippen LogP contribution is -2.39. The zero-order chi connectivity index (χ0) is 18.4. The van der Waals surface area contributed by atoms with Crippen molar-refractivity contribution in [3.05, 3.63) is 35.9 Å². The van der Waals surface area contributed by atoms with E-state index >= 15 is 0 Å². The maximum absolute atomic E-state index is 12.2. The SMILES string of the molecule is CCOc1ccc([C@H](C)NC(=O)N[C@H](C)c2nncn2C)cc1OC. The molecule has 0 saturated carbocycles. The van der Waals surface area contributed by atoms with E-state index in [1.807, 2.05) is 46.0 Å². The van der Waals surface area contributed by atoms with Crippen LogP contribution in [-0.4, -0.2) is 34.5 Å². The predicted molar refractivity (Wildman–Crippen MR) is 93.7 cm³/mol. The monoisotopic (exact) mass is 347 g/mol. The first kappa shape index (κ1) is 18.6. The number of aromatic nitrogens is 3. The summed E-state index contributed by atoms with van der Waals surface area (Å²) in [4.78, 5) is 12.2. The van der Waals surface area contributed by atoms with E-state index in [2.05, 4.69) is 20.8 Å². The number of hydrogen-bond acceptors (Lipinski definition) is 5. The van der Waals surface area contributed by atoms with E-state index < -0.39 is 0 Å². The van der Waals surface area contributed by atoms with Crippen LogP contribution in [0.2, 0.25) is 0 Å². The topological polar surface area (TPSA) is 90.3 Å². The molecule has 0 aliphatic heterocycles. The number of amides is 2. The predicted octanol–water partition coefficient (Wildman–Crippen LogP) is 2.34. The quantitative estimate of drug-likeness (QED) is 0.802. The number of urea groups is 1. The van der Waals surface area contributed by atoms with Gasteiger partial charge in [0.25, 0.3) is 0 Å². The molecule has 0 aliphatic rings. The average molecular weight is 347 g/mol. The molecule has 1 heterocycles. The second-order valence-electron chi connectivity index (χ2n) is 5.70. The van der Waals surface area contributed by atoms with Gasteiger partial charge in [0.2, 0.25) is 0 Å². The highest BCUT2D eigenvalue weighted by molar-refractivity contribution is 5.74. The lowest BCUT2D eigenvalue weighted by molar-refractivity contribution is 0.234. The molecule has 2 amide bonds. The van der Waals surface area contributed by atoms with Crippen molar-refractivity contribution >= 4 is 6.03 Å². The van der Waals surface area contributed by atoms with E-state index in [1.54, 1.807) is 18.0 Å². The van der Waals surface area contributed by atoms with Crippen molar-refractivity contribution in [1.82, 2.24) is 25.4 Å². The fourth-order valence-electron chi connectivity index (χ4n) is 2.50. The molecule has 0 unspecified atom stereocenters. The lowest BCUT2D eigenvalue weighted by atomic mass is 10.1. The Kier molecular flexibility index (Phi) is 6.21. The minimum absolute atomic E-state index is 0.198. The first-order valence-electron chi connectivity index (χ1n) is 8.17. The normalized spacial score (nSPS) is 13.0. The van der Waals surface area contributed by atoms with Gasteiger partial charge in [-0.05, 0) is 38.5 Å². The molecule has 0 fully saturated rings. The number of hydrogen-bond donors (Lipinski definition) is 2. The summed E-state index contributed by atoms with van der Waals surface area (Å²) in [6.07, 6.45) is 1.60. The van der Waals surface area contributed by atoms with Gasteiger partial charge in [-0.3, -0.25) is 0 Å². The molecule has 2 aromatic rings. The summed E-state index contributed by atoms with van der Waals surface area (Å²) in [6, 6.07) is 4.88. The molecule has 8 heteroatoms. The molecule has 2 N–H and O–H groups in total. The summed E-state index contributed by atoms with van der Waals surface area (Å²) in [5.74, 6) is 2.01. The van der Waals surface area contributed by atoms with Gasteiger partial charge in [0.15, 0.2) is 17.3 Å². The Labute approximate surface area is 147 Å². The average Bonchev–Trinajstić information content (AvgIpc) is 3.01. The zero-order valence-corrected chi connectivity index (χ0v) is 15.2. The van der Waals surface area contributed by atoms with Gasteiger partial charge < -0.3 is 24.7 Å². The highest BCUT2D eigenvalue weighted by Gasteiger charge is 2.17. The van der Waals surface area contributed by atoms with Gasteiger partial charge in [0.05, 0.1) is 25.8 Å². The fourth-order valence-corrected chi connectivity index (χ4v) is 2.50. The third kappa shape index (κ3) is 4.62. The van der Waals surface area contributed by atoms with Crippen molar-refractivity contribution in [3.8, 4) is 11.5 Å². The number of ether oxygens (including phenoxy) is 2. The van der Waals surface area contributed by atoms with Gasteiger partial charge in [0.1, 0.15) is 6.33 Å². The van der Waals surface area contributed by atoms with E-state index in [4.69, 9.17) is 9.47 Å². The van der Waals surface area contributed by atoms with Crippen LogP contribution in [0.1, 0.15) is 44.2 Å². The molecule has 0 spiro atoms. The Hall–Kier alpha value is -2.77. The van der Waals surface area contributed by atoms with Crippen molar-refractivity contribution in [2.24, 2.45) is 7.05 Å². The number of methoxy groups -OCH3 is 1. The summed E-state index contributed by atoms with van der Waals surface area (Å²) >= 11 is 0. The van der Waals surface area contributed by atoms with E-state index in [1.165, 1.54) is 0 Å². The number of carbonyl (C=O) groups excluding carboxylic acids is 1. The van der Waals surface area contributed by atoms with Crippen molar-refractivity contribution in [1.29, 1.82) is 0 Å². The molecule has 8 nitrogen and oxygen atoms in total. The third-order valence-corrected chi connectivity index (χ3v) is 3.82. The Morgan fingerprint density at radius 2 is 1.96 bits per heavy atom. The van der Waals surface area contributed by atoms with Crippen LogP contribution in [0.25, 0.3) is 0 Å². The molecule has 1 aromatic carbocycles.